The SMILES string of the molecule is CC(C)(C)[Si](C)(C)C(O[Si](C)(C)C)c1ccccc1. The molecule has 0 N–H and O–H groups in total. The van der Waals surface area contributed by atoms with Gasteiger partial charge >= 0.3 is 0 Å². The Balaban J connectivity index is 3.21. The van der Waals surface area contributed by atoms with Crippen molar-refractivity contribution in [3.05, 3.63) is 35.9 Å². The van der Waals surface area contributed by atoms with E-state index in [-0.39, 0.29) is 0 Å². The van der Waals surface area contributed by atoms with E-state index in [1.165, 1.54) is 5.56 Å². The van der Waals surface area contributed by atoms with Crippen LogP contribution in [0.4, 0.5) is 0 Å². The first kappa shape index (κ1) is 16.7. The molecule has 0 spiro atoms. The summed E-state index contributed by atoms with van der Waals surface area (Å²) in [4.78, 5) is 0. The molecule has 0 aliphatic carbocycles. The molecule has 0 heterocycles. The third-order valence-corrected chi connectivity index (χ3v) is 11.0. The van der Waals surface area contributed by atoms with E-state index in [0.29, 0.717) is 10.8 Å². The second-order valence-electron chi connectivity index (χ2n) is 7.99. The summed E-state index contributed by atoms with van der Waals surface area (Å²) in [5.74, 6) is 0. The predicted octanol–water partition coefficient (Wildman–Crippen LogP) is 5.63. The Morgan fingerprint density at radius 3 is 1.74 bits per heavy atom. The van der Waals surface area contributed by atoms with Crippen LogP contribution in [0.1, 0.15) is 32.1 Å². The Hall–Kier alpha value is -0.386. The van der Waals surface area contributed by atoms with E-state index in [0.717, 1.165) is 0 Å². The van der Waals surface area contributed by atoms with Crippen LogP contribution in [0.5, 0.6) is 0 Å². The molecule has 1 atom stereocenters. The molecule has 0 aliphatic heterocycles. The van der Waals surface area contributed by atoms with E-state index in [4.69, 9.17) is 4.43 Å². The van der Waals surface area contributed by atoms with E-state index in [9.17, 15) is 0 Å². The van der Waals surface area contributed by atoms with Crippen LogP contribution in [0.2, 0.25) is 37.8 Å². The lowest BCUT2D eigenvalue weighted by Crippen LogP contribution is -2.48. The number of benzene rings is 1. The molecule has 0 fully saturated rings. The van der Waals surface area contributed by atoms with Crippen molar-refractivity contribution >= 4 is 16.4 Å². The number of hydrogen-bond acceptors (Lipinski definition) is 1. The normalized spacial score (nSPS) is 15.4. The van der Waals surface area contributed by atoms with Gasteiger partial charge < -0.3 is 4.43 Å². The summed E-state index contributed by atoms with van der Waals surface area (Å²) in [7, 11) is -3.13. The van der Waals surface area contributed by atoms with E-state index in [2.05, 4.69) is 83.8 Å². The van der Waals surface area contributed by atoms with Crippen molar-refractivity contribution in [2.24, 2.45) is 0 Å². The third-order valence-electron chi connectivity index (χ3n) is 4.16. The molecule has 1 unspecified atom stereocenters. The maximum Gasteiger partial charge on any atom is 0.184 e. The van der Waals surface area contributed by atoms with Crippen LogP contribution >= 0.6 is 0 Å². The minimum atomic E-state index is -1.57. The van der Waals surface area contributed by atoms with Gasteiger partial charge in [0, 0.05) is 0 Å². The Morgan fingerprint density at radius 2 is 1.37 bits per heavy atom. The van der Waals surface area contributed by atoms with Gasteiger partial charge in [-0.25, -0.2) is 0 Å². The first-order valence-electron chi connectivity index (χ1n) is 7.18. The van der Waals surface area contributed by atoms with E-state index >= 15 is 0 Å². The van der Waals surface area contributed by atoms with E-state index < -0.39 is 16.4 Å². The van der Waals surface area contributed by atoms with Crippen LogP contribution in [0.3, 0.4) is 0 Å². The lowest BCUT2D eigenvalue weighted by molar-refractivity contribution is 0.261. The molecular weight excluding hydrogens is 264 g/mol. The van der Waals surface area contributed by atoms with Gasteiger partial charge in [-0.15, -0.1) is 0 Å². The minimum Gasteiger partial charge on any atom is -0.414 e. The highest BCUT2D eigenvalue weighted by atomic mass is 28.4. The second-order valence-corrected chi connectivity index (χ2v) is 17.9. The maximum atomic E-state index is 6.62. The highest BCUT2D eigenvalue weighted by Gasteiger charge is 2.45. The first-order chi connectivity index (χ1) is 8.45. The minimum absolute atomic E-state index is 0.292. The standard InChI is InChI=1S/C16H30OSi2/c1-16(2,3)19(7,8)15(17-18(4,5)6)14-12-10-9-11-13-14/h9-13,15H,1-8H3. The number of rotatable bonds is 4. The van der Waals surface area contributed by atoms with Gasteiger partial charge in [-0.2, -0.15) is 0 Å². The van der Waals surface area contributed by atoms with Gasteiger partial charge in [-0.05, 0) is 30.2 Å². The molecule has 1 aromatic rings. The maximum absolute atomic E-state index is 6.62. The highest BCUT2D eigenvalue weighted by molar-refractivity contribution is 6.82. The fourth-order valence-electron chi connectivity index (χ4n) is 2.01. The molecule has 108 valence electrons. The van der Waals surface area contributed by atoms with Crippen molar-refractivity contribution in [2.45, 2.75) is 64.3 Å². The summed E-state index contributed by atoms with van der Waals surface area (Å²) in [5, 5.41) is 0.327. The molecular formula is C16H30OSi2. The van der Waals surface area contributed by atoms with Crippen LogP contribution in [-0.4, -0.2) is 16.4 Å². The lowest BCUT2D eigenvalue weighted by atomic mass is 10.2. The Bertz CT molecular complexity index is 399. The molecule has 0 saturated carbocycles. The average molecular weight is 295 g/mol. The molecule has 1 nitrogen and oxygen atoms in total. The molecule has 0 bridgehead atoms. The summed E-state index contributed by atoms with van der Waals surface area (Å²) >= 11 is 0. The van der Waals surface area contributed by atoms with Crippen molar-refractivity contribution < 1.29 is 4.43 Å². The van der Waals surface area contributed by atoms with E-state index in [1.54, 1.807) is 0 Å². The van der Waals surface area contributed by atoms with E-state index in [1.807, 2.05) is 0 Å². The van der Waals surface area contributed by atoms with Crippen LogP contribution in [0.25, 0.3) is 0 Å². The molecule has 3 heteroatoms. The largest absolute Gasteiger partial charge is 0.414 e. The van der Waals surface area contributed by atoms with Gasteiger partial charge in [0.1, 0.15) is 0 Å². The molecule has 0 aromatic heterocycles. The zero-order valence-corrected chi connectivity index (χ0v) is 15.9. The Labute approximate surface area is 121 Å². The molecule has 0 amide bonds. The molecule has 1 rings (SSSR count). The second kappa shape index (κ2) is 5.54. The molecule has 1 aromatic carbocycles. The van der Waals surface area contributed by atoms with Gasteiger partial charge in [0.05, 0.1) is 13.8 Å². The first-order valence-corrected chi connectivity index (χ1v) is 13.7. The molecule has 0 saturated heterocycles. The predicted molar refractivity (Wildman–Crippen MR) is 90.8 cm³/mol. The fraction of sp³-hybridized carbons (Fsp3) is 0.625. The van der Waals surface area contributed by atoms with Gasteiger partial charge in [0.25, 0.3) is 0 Å². The average Bonchev–Trinajstić information content (AvgIpc) is 2.24. The fourth-order valence-corrected chi connectivity index (χ4v) is 6.90. The van der Waals surface area contributed by atoms with Crippen LogP contribution in [0.15, 0.2) is 30.3 Å². The van der Waals surface area contributed by atoms with Crippen LogP contribution in [-0.2, 0) is 4.43 Å². The van der Waals surface area contributed by atoms with Crippen LogP contribution < -0.4 is 0 Å². The summed E-state index contributed by atoms with van der Waals surface area (Å²) in [5.41, 5.74) is 1.65. The van der Waals surface area contributed by atoms with Gasteiger partial charge in [-0.3, -0.25) is 0 Å². The third kappa shape index (κ3) is 4.30. The monoisotopic (exact) mass is 294 g/mol. The van der Waals surface area contributed by atoms with Crippen molar-refractivity contribution in [3.8, 4) is 0 Å². The van der Waals surface area contributed by atoms with Gasteiger partial charge in [0.2, 0.25) is 0 Å². The van der Waals surface area contributed by atoms with Crippen LogP contribution in [0, 0.1) is 0 Å². The lowest BCUT2D eigenvalue weighted by Gasteiger charge is -2.45. The van der Waals surface area contributed by atoms with Gasteiger partial charge in [-0.1, -0.05) is 64.2 Å². The highest BCUT2D eigenvalue weighted by Crippen LogP contribution is 2.46. The summed E-state index contributed by atoms with van der Waals surface area (Å²) in [6, 6.07) is 10.8. The van der Waals surface area contributed by atoms with Crippen molar-refractivity contribution in [2.75, 3.05) is 0 Å². The quantitative estimate of drug-likeness (QED) is 0.654. The molecule has 0 radical (unpaired) electrons. The van der Waals surface area contributed by atoms with Crippen molar-refractivity contribution in [1.29, 1.82) is 0 Å². The Kier molecular flexibility index (Phi) is 4.86. The van der Waals surface area contributed by atoms with Crippen molar-refractivity contribution in [1.82, 2.24) is 0 Å². The van der Waals surface area contributed by atoms with Gasteiger partial charge in [0.15, 0.2) is 8.32 Å². The molecule has 19 heavy (non-hydrogen) atoms. The number of hydrogen-bond donors (Lipinski definition) is 0. The zero-order chi connectivity index (χ0) is 14.9. The van der Waals surface area contributed by atoms with Crippen molar-refractivity contribution in [3.63, 3.8) is 0 Å². The molecule has 0 aliphatic rings. The summed E-state index contributed by atoms with van der Waals surface area (Å²) in [6.45, 7) is 18.9. The summed E-state index contributed by atoms with van der Waals surface area (Å²) in [6.07, 6.45) is 0. The smallest absolute Gasteiger partial charge is 0.184 e. The summed E-state index contributed by atoms with van der Waals surface area (Å²) < 4.78 is 6.62. The topological polar surface area (TPSA) is 9.23 Å². The Morgan fingerprint density at radius 1 is 0.895 bits per heavy atom. The zero-order valence-electron chi connectivity index (χ0n) is 13.9.